The van der Waals surface area contributed by atoms with Gasteiger partial charge in [-0.05, 0) is 24.1 Å². The summed E-state index contributed by atoms with van der Waals surface area (Å²) in [7, 11) is 0. The van der Waals surface area contributed by atoms with Crippen LogP contribution in [0.4, 0.5) is 0 Å². The minimum atomic E-state index is -0.785. The van der Waals surface area contributed by atoms with E-state index in [9.17, 15) is 9.59 Å². The molecule has 0 N–H and O–H groups in total. The molecule has 0 fully saturated rings. The average molecular weight is 318 g/mol. The van der Waals surface area contributed by atoms with Crippen LogP contribution in [0.15, 0.2) is 83.7 Å². The van der Waals surface area contributed by atoms with Crippen molar-refractivity contribution in [2.75, 3.05) is 0 Å². The van der Waals surface area contributed by atoms with Gasteiger partial charge in [0, 0.05) is 5.92 Å². The van der Waals surface area contributed by atoms with Crippen molar-refractivity contribution in [1.82, 2.24) is 0 Å². The summed E-state index contributed by atoms with van der Waals surface area (Å²) in [5.41, 5.74) is 2.31. The van der Waals surface area contributed by atoms with Crippen LogP contribution >= 0.6 is 0 Å². The summed E-state index contributed by atoms with van der Waals surface area (Å²) in [6, 6.07) is 21.0. The molecule has 3 rings (SSSR count). The number of carbonyl (C=O) groups is 2. The molecule has 2 aromatic carbocycles. The molecule has 0 bridgehead atoms. The van der Waals surface area contributed by atoms with E-state index in [0.717, 1.165) is 11.1 Å². The number of hydrogen-bond acceptors (Lipinski definition) is 3. The topological polar surface area (TPSA) is 47.3 Å². The molecule has 1 unspecified atom stereocenters. The Bertz CT molecular complexity index is 765. The second-order valence-corrected chi connectivity index (χ2v) is 5.76. The van der Waals surface area contributed by atoms with Crippen molar-refractivity contribution in [3.63, 3.8) is 0 Å². The van der Waals surface area contributed by atoms with E-state index in [1.165, 1.54) is 19.5 Å². The van der Waals surface area contributed by atoms with Crippen LogP contribution in [0.5, 0.6) is 0 Å². The lowest BCUT2D eigenvalue weighted by Crippen LogP contribution is -2.29. The van der Waals surface area contributed by atoms with Crippen molar-refractivity contribution < 1.29 is 14.0 Å². The highest BCUT2D eigenvalue weighted by Crippen LogP contribution is 2.34. The van der Waals surface area contributed by atoms with Crippen molar-refractivity contribution >= 4 is 11.6 Å². The predicted octanol–water partition coefficient (Wildman–Crippen LogP) is 4.50. The zero-order valence-electron chi connectivity index (χ0n) is 13.4. The fourth-order valence-electron chi connectivity index (χ4n) is 3.05. The first-order chi connectivity index (χ1) is 11.7. The summed E-state index contributed by atoms with van der Waals surface area (Å²) < 4.78 is 5.02. The number of furan rings is 1. The molecule has 1 heterocycles. The van der Waals surface area contributed by atoms with Gasteiger partial charge in [0.2, 0.25) is 0 Å². The van der Waals surface area contributed by atoms with Crippen molar-refractivity contribution in [3.05, 3.63) is 95.9 Å². The van der Waals surface area contributed by atoms with E-state index in [-0.39, 0.29) is 17.5 Å². The van der Waals surface area contributed by atoms with E-state index in [4.69, 9.17) is 4.42 Å². The van der Waals surface area contributed by atoms with Gasteiger partial charge in [0.15, 0.2) is 5.78 Å². The predicted molar refractivity (Wildman–Crippen MR) is 91.9 cm³/mol. The van der Waals surface area contributed by atoms with Gasteiger partial charge in [-0.15, -0.1) is 0 Å². The van der Waals surface area contributed by atoms with E-state index in [1.807, 2.05) is 60.7 Å². The van der Waals surface area contributed by atoms with Crippen LogP contribution < -0.4 is 0 Å². The van der Waals surface area contributed by atoms with Crippen molar-refractivity contribution in [2.24, 2.45) is 5.92 Å². The summed E-state index contributed by atoms with van der Waals surface area (Å²) in [4.78, 5) is 25.4. The molecule has 0 aliphatic carbocycles. The highest BCUT2D eigenvalue weighted by atomic mass is 16.3. The molecule has 0 spiro atoms. The Kier molecular flexibility index (Phi) is 4.71. The summed E-state index contributed by atoms with van der Waals surface area (Å²) >= 11 is 0. The Morgan fingerprint density at radius 1 is 0.833 bits per heavy atom. The number of ketones is 2. The second-order valence-electron chi connectivity index (χ2n) is 5.76. The number of Topliss-reactive ketones (excluding diaryl/α,β-unsaturated/α-hetero) is 2. The fourth-order valence-corrected chi connectivity index (χ4v) is 3.05. The summed E-state index contributed by atoms with van der Waals surface area (Å²) in [6.45, 7) is 1.47. The standard InChI is InChI=1S/C21H18O3/c1-15(22)19(21(23)18-12-13-24-14-18)20(16-8-4-2-5-9-16)17-10-6-3-7-11-17/h2-14,19-20H,1H3. The molecule has 0 aliphatic rings. The molecule has 3 heteroatoms. The van der Waals surface area contributed by atoms with Crippen molar-refractivity contribution in [1.29, 1.82) is 0 Å². The summed E-state index contributed by atoms with van der Waals surface area (Å²) in [5.74, 6) is -1.48. The van der Waals surface area contributed by atoms with Crippen LogP contribution in [0.2, 0.25) is 0 Å². The Morgan fingerprint density at radius 2 is 1.38 bits per heavy atom. The van der Waals surface area contributed by atoms with E-state index in [0.29, 0.717) is 5.56 Å². The summed E-state index contributed by atoms with van der Waals surface area (Å²) in [6.07, 6.45) is 2.84. The molecule has 0 saturated carbocycles. The lowest BCUT2D eigenvalue weighted by atomic mass is 9.75. The molecular weight excluding hydrogens is 300 g/mol. The second kappa shape index (κ2) is 7.09. The van der Waals surface area contributed by atoms with Crippen molar-refractivity contribution in [2.45, 2.75) is 12.8 Å². The Morgan fingerprint density at radius 3 is 1.79 bits per heavy atom. The highest BCUT2D eigenvalue weighted by Gasteiger charge is 2.35. The lowest BCUT2D eigenvalue weighted by Gasteiger charge is -2.25. The van der Waals surface area contributed by atoms with Gasteiger partial charge in [0.05, 0.1) is 17.7 Å². The number of carbonyl (C=O) groups excluding carboxylic acids is 2. The number of hydrogen-bond donors (Lipinski definition) is 0. The third-order valence-electron chi connectivity index (χ3n) is 4.18. The van der Waals surface area contributed by atoms with E-state index in [2.05, 4.69) is 0 Å². The minimum absolute atomic E-state index is 0.154. The van der Waals surface area contributed by atoms with Crippen LogP contribution in [0.25, 0.3) is 0 Å². The van der Waals surface area contributed by atoms with E-state index < -0.39 is 5.92 Å². The van der Waals surface area contributed by atoms with Gasteiger partial charge in [-0.3, -0.25) is 9.59 Å². The van der Waals surface area contributed by atoms with Gasteiger partial charge in [0.1, 0.15) is 12.0 Å². The molecule has 0 aliphatic heterocycles. The highest BCUT2D eigenvalue weighted by molar-refractivity contribution is 6.11. The first-order valence-electron chi connectivity index (χ1n) is 7.85. The van der Waals surface area contributed by atoms with Gasteiger partial charge in [-0.2, -0.15) is 0 Å². The quantitative estimate of drug-likeness (QED) is 0.496. The van der Waals surface area contributed by atoms with E-state index >= 15 is 0 Å². The zero-order valence-corrected chi connectivity index (χ0v) is 13.4. The third-order valence-corrected chi connectivity index (χ3v) is 4.18. The number of benzene rings is 2. The van der Waals surface area contributed by atoms with Crippen LogP contribution in [-0.4, -0.2) is 11.6 Å². The molecule has 0 amide bonds. The van der Waals surface area contributed by atoms with Crippen LogP contribution in [0.3, 0.4) is 0 Å². The van der Waals surface area contributed by atoms with Gasteiger partial charge in [0.25, 0.3) is 0 Å². The van der Waals surface area contributed by atoms with Gasteiger partial charge < -0.3 is 4.42 Å². The van der Waals surface area contributed by atoms with Crippen LogP contribution in [-0.2, 0) is 4.79 Å². The zero-order chi connectivity index (χ0) is 16.9. The first kappa shape index (κ1) is 15.9. The average Bonchev–Trinajstić information content (AvgIpc) is 3.15. The molecule has 24 heavy (non-hydrogen) atoms. The minimum Gasteiger partial charge on any atom is -0.472 e. The monoisotopic (exact) mass is 318 g/mol. The first-order valence-corrected chi connectivity index (χ1v) is 7.85. The largest absolute Gasteiger partial charge is 0.472 e. The molecular formula is C21H18O3. The van der Waals surface area contributed by atoms with Gasteiger partial charge in [-0.1, -0.05) is 60.7 Å². The number of rotatable bonds is 6. The lowest BCUT2D eigenvalue weighted by molar-refractivity contribution is -0.119. The van der Waals surface area contributed by atoms with E-state index in [1.54, 1.807) is 6.07 Å². The normalized spacial score (nSPS) is 12.1. The molecule has 1 aromatic heterocycles. The Hall–Kier alpha value is -2.94. The third kappa shape index (κ3) is 3.20. The van der Waals surface area contributed by atoms with Crippen molar-refractivity contribution in [3.8, 4) is 0 Å². The molecule has 3 aromatic rings. The molecule has 3 nitrogen and oxygen atoms in total. The SMILES string of the molecule is CC(=O)C(C(=O)c1ccoc1)C(c1ccccc1)c1ccccc1. The molecule has 0 radical (unpaired) electrons. The van der Waals surface area contributed by atoms with Gasteiger partial charge >= 0.3 is 0 Å². The Labute approximate surface area is 140 Å². The smallest absolute Gasteiger partial charge is 0.177 e. The molecule has 0 saturated heterocycles. The maximum absolute atomic E-state index is 13.0. The van der Waals surface area contributed by atoms with Gasteiger partial charge in [-0.25, -0.2) is 0 Å². The molecule has 120 valence electrons. The fraction of sp³-hybridized carbons (Fsp3) is 0.143. The van der Waals surface area contributed by atoms with Crippen LogP contribution in [0.1, 0.15) is 34.3 Å². The summed E-state index contributed by atoms with van der Waals surface area (Å²) in [5, 5.41) is 0. The maximum atomic E-state index is 13.0. The maximum Gasteiger partial charge on any atom is 0.177 e. The molecule has 1 atom stereocenters. The Balaban J connectivity index is 2.12. The van der Waals surface area contributed by atoms with Crippen LogP contribution in [0, 0.1) is 5.92 Å².